The Labute approximate surface area is 152 Å². The van der Waals surface area contributed by atoms with Crippen molar-refractivity contribution in [1.29, 1.82) is 5.26 Å². The van der Waals surface area contributed by atoms with Crippen LogP contribution in [0.25, 0.3) is 0 Å². The molecule has 6 heteroatoms. The van der Waals surface area contributed by atoms with E-state index in [2.05, 4.69) is 5.32 Å². The Balaban J connectivity index is 1.68. The second-order valence-corrected chi connectivity index (χ2v) is 6.15. The van der Waals surface area contributed by atoms with Gasteiger partial charge < -0.3 is 15.0 Å². The number of anilines is 1. The third-order valence-corrected chi connectivity index (χ3v) is 4.27. The number of amides is 2. The van der Waals surface area contributed by atoms with Gasteiger partial charge in [0.1, 0.15) is 0 Å². The van der Waals surface area contributed by atoms with E-state index in [0.29, 0.717) is 42.1 Å². The summed E-state index contributed by atoms with van der Waals surface area (Å²) in [5, 5.41) is 11.7. The third-order valence-electron chi connectivity index (χ3n) is 4.27. The van der Waals surface area contributed by atoms with Gasteiger partial charge in [-0.1, -0.05) is 6.07 Å². The fraction of sp³-hybridized carbons (Fsp3) is 0.250. The Morgan fingerprint density at radius 2 is 1.96 bits per heavy atom. The number of hydrogen-bond acceptors (Lipinski definition) is 4. The van der Waals surface area contributed by atoms with Crippen molar-refractivity contribution in [2.24, 2.45) is 0 Å². The predicted molar refractivity (Wildman–Crippen MR) is 96.9 cm³/mol. The number of nitrogens with zero attached hydrogens (tertiary/aromatic N) is 2. The van der Waals surface area contributed by atoms with E-state index in [4.69, 9.17) is 10.00 Å². The summed E-state index contributed by atoms with van der Waals surface area (Å²) in [5.41, 5.74) is 2.00. The van der Waals surface area contributed by atoms with Gasteiger partial charge in [0, 0.05) is 23.4 Å². The summed E-state index contributed by atoms with van der Waals surface area (Å²) in [6.07, 6.45) is 0. The van der Waals surface area contributed by atoms with Crippen LogP contribution < -0.4 is 5.32 Å². The first-order valence-electron chi connectivity index (χ1n) is 8.39. The summed E-state index contributed by atoms with van der Waals surface area (Å²) >= 11 is 0. The van der Waals surface area contributed by atoms with Gasteiger partial charge in [-0.3, -0.25) is 9.59 Å². The van der Waals surface area contributed by atoms with E-state index < -0.39 is 0 Å². The van der Waals surface area contributed by atoms with Crippen LogP contribution in [0.1, 0.15) is 33.2 Å². The highest BCUT2D eigenvalue weighted by atomic mass is 16.5. The lowest BCUT2D eigenvalue weighted by Crippen LogP contribution is -2.47. The molecule has 2 amide bonds. The molecule has 0 aromatic heterocycles. The number of hydrogen-bond donors (Lipinski definition) is 1. The summed E-state index contributed by atoms with van der Waals surface area (Å²) in [6.45, 7) is 3.63. The topological polar surface area (TPSA) is 82.4 Å². The van der Waals surface area contributed by atoms with Crippen LogP contribution in [0.2, 0.25) is 0 Å². The molecule has 1 atom stereocenters. The van der Waals surface area contributed by atoms with E-state index >= 15 is 0 Å². The molecule has 1 saturated heterocycles. The number of carbonyl (C=O) groups excluding carboxylic acids is 2. The van der Waals surface area contributed by atoms with Crippen molar-refractivity contribution in [3.05, 3.63) is 65.2 Å². The van der Waals surface area contributed by atoms with Crippen LogP contribution in [0.5, 0.6) is 0 Å². The van der Waals surface area contributed by atoms with Crippen molar-refractivity contribution < 1.29 is 14.3 Å². The van der Waals surface area contributed by atoms with Crippen LogP contribution >= 0.6 is 0 Å². The molecular weight excluding hydrogens is 330 g/mol. The SMILES string of the molecule is CC1COCCN1C(=O)c1ccc(NC(=O)c2cccc(C#N)c2)cc1. The van der Waals surface area contributed by atoms with Gasteiger partial charge in [0.25, 0.3) is 11.8 Å². The van der Waals surface area contributed by atoms with Gasteiger partial charge in [0.2, 0.25) is 0 Å². The number of ether oxygens (including phenoxy) is 1. The van der Waals surface area contributed by atoms with Crippen molar-refractivity contribution in [2.45, 2.75) is 13.0 Å². The van der Waals surface area contributed by atoms with Crippen LogP contribution in [0, 0.1) is 11.3 Å². The lowest BCUT2D eigenvalue weighted by molar-refractivity contribution is 0.00359. The third kappa shape index (κ3) is 3.90. The van der Waals surface area contributed by atoms with E-state index in [1.807, 2.05) is 13.0 Å². The second kappa shape index (κ2) is 7.81. The lowest BCUT2D eigenvalue weighted by Gasteiger charge is -2.33. The molecule has 6 nitrogen and oxygen atoms in total. The van der Waals surface area contributed by atoms with Gasteiger partial charge in [-0.15, -0.1) is 0 Å². The number of morpholine rings is 1. The molecule has 1 N–H and O–H groups in total. The van der Waals surface area contributed by atoms with Gasteiger partial charge in [-0.2, -0.15) is 5.26 Å². The van der Waals surface area contributed by atoms with Crippen molar-refractivity contribution in [3.63, 3.8) is 0 Å². The molecule has 0 saturated carbocycles. The van der Waals surface area contributed by atoms with Crippen LogP contribution in [-0.2, 0) is 4.74 Å². The first kappa shape index (κ1) is 17.6. The van der Waals surface area contributed by atoms with Gasteiger partial charge >= 0.3 is 0 Å². The molecule has 1 aliphatic rings. The molecule has 0 radical (unpaired) electrons. The maximum atomic E-state index is 12.6. The minimum atomic E-state index is -0.303. The van der Waals surface area contributed by atoms with Crippen molar-refractivity contribution in [1.82, 2.24) is 4.90 Å². The Hall–Kier alpha value is -3.17. The molecule has 26 heavy (non-hydrogen) atoms. The van der Waals surface area contributed by atoms with E-state index in [9.17, 15) is 9.59 Å². The standard InChI is InChI=1S/C20H19N3O3/c1-14-13-26-10-9-23(14)20(25)16-5-7-18(8-6-16)22-19(24)17-4-2-3-15(11-17)12-21/h2-8,11,14H,9-10,13H2,1H3,(H,22,24). The molecule has 1 aliphatic heterocycles. The molecular formula is C20H19N3O3. The van der Waals surface area contributed by atoms with Crippen molar-refractivity contribution in [3.8, 4) is 6.07 Å². The molecule has 0 spiro atoms. The van der Waals surface area contributed by atoms with Crippen LogP contribution in [-0.4, -0.2) is 42.5 Å². The first-order chi connectivity index (χ1) is 12.6. The summed E-state index contributed by atoms with van der Waals surface area (Å²) < 4.78 is 5.36. The number of carbonyl (C=O) groups is 2. The number of benzene rings is 2. The fourth-order valence-corrected chi connectivity index (χ4v) is 2.82. The minimum absolute atomic E-state index is 0.0413. The van der Waals surface area contributed by atoms with E-state index in [-0.39, 0.29) is 17.9 Å². The van der Waals surface area contributed by atoms with Crippen molar-refractivity contribution in [2.75, 3.05) is 25.1 Å². The molecule has 0 bridgehead atoms. The molecule has 3 rings (SSSR count). The van der Waals surface area contributed by atoms with Gasteiger partial charge in [-0.05, 0) is 49.4 Å². The molecule has 2 aromatic carbocycles. The van der Waals surface area contributed by atoms with Crippen LogP contribution in [0.15, 0.2) is 48.5 Å². The zero-order chi connectivity index (χ0) is 18.5. The summed E-state index contributed by atoms with van der Waals surface area (Å²) in [6, 6.07) is 15.3. The maximum Gasteiger partial charge on any atom is 0.255 e. The predicted octanol–water partition coefficient (Wildman–Crippen LogP) is 2.67. The molecule has 0 aliphatic carbocycles. The maximum absolute atomic E-state index is 12.6. The van der Waals surface area contributed by atoms with Gasteiger partial charge in [0.05, 0.1) is 30.9 Å². The molecule has 132 valence electrons. The Kier molecular flexibility index (Phi) is 5.30. The highest BCUT2D eigenvalue weighted by Crippen LogP contribution is 2.16. The summed E-state index contributed by atoms with van der Waals surface area (Å²) in [4.78, 5) is 26.7. The average Bonchev–Trinajstić information content (AvgIpc) is 2.68. The van der Waals surface area contributed by atoms with E-state index in [1.54, 1.807) is 47.4 Å². The summed E-state index contributed by atoms with van der Waals surface area (Å²) in [5.74, 6) is -0.344. The number of rotatable bonds is 3. The van der Waals surface area contributed by atoms with E-state index in [0.717, 1.165) is 0 Å². The molecule has 2 aromatic rings. The monoisotopic (exact) mass is 349 g/mol. The van der Waals surface area contributed by atoms with Crippen molar-refractivity contribution >= 4 is 17.5 Å². The van der Waals surface area contributed by atoms with Gasteiger partial charge in [0.15, 0.2) is 0 Å². The second-order valence-electron chi connectivity index (χ2n) is 6.15. The normalized spacial score (nSPS) is 16.6. The molecule has 1 heterocycles. The minimum Gasteiger partial charge on any atom is -0.377 e. The Morgan fingerprint density at radius 3 is 2.65 bits per heavy atom. The average molecular weight is 349 g/mol. The zero-order valence-electron chi connectivity index (χ0n) is 14.4. The lowest BCUT2D eigenvalue weighted by atomic mass is 10.1. The van der Waals surface area contributed by atoms with Crippen LogP contribution in [0.3, 0.4) is 0 Å². The number of nitriles is 1. The zero-order valence-corrected chi connectivity index (χ0v) is 14.4. The number of nitrogens with one attached hydrogen (secondary N) is 1. The fourth-order valence-electron chi connectivity index (χ4n) is 2.82. The van der Waals surface area contributed by atoms with E-state index in [1.165, 1.54) is 6.07 Å². The van der Waals surface area contributed by atoms with Gasteiger partial charge in [-0.25, -0.2) is 0 Å². The Bertz CT molecular complexity index is 855. The van der Waals surface area contributed by atoms with Crippen LogP contribution in [0.4, 0.5) is 5.69 Å². The highest BCUT2D eigenvalue weighted by molar-refractivity contribution is 6.04. The first-order valence-corrected chi connectivity index (χ1v) is 8.39. The Morgan fingerprint density at radius 1 is 1.19 bits per heavy atom. The molecule has 1 fully saturated rings. The molecule has 1 unspecified atom stereocenters. The highest BCUT2D eigenvalue weighted by Gasteiger charge is 2.24. The smallest absolute Gasteiger partial charge is 0.255 e. The summed E-state index contributed by atoms with van der Waals surface area (Å²) in [7, 11) is 0. The quantitative estimate of drug-likeness (QED) is 0.923. The largest absolute Gasteiger partial charge is 0.377 e.